The van der Waals surface area contributed by atoms with Gasteiger partial charge in [0.25, 0.3) is 0 Å². The molecule has 0 bridgehead atoms. The molecule has 0 aliphatic heterocycles. The fourth-order valence-corrected chi connectivity index (χ4v) is 4.98. The number of carboxylic acid groups (broad SMARTS) is 1. The third-order valence-electron chi connectivity index (χ3n) is 4.17. The molecule has 1 atom stereocenters. The molecule has 4 nitrogen and oxygen atoms in total. The molecular weight excluding hydrogens is 348 g/mol. The number of rotatable bonds is 9. The highest BCUT2D eigenvalue weighted by molar-refractivity contribution is 8.04. The van der Waals surface area contributed by atoms with E-state index in [1.807, 2.05) is 6.08 Å². The maximum atomic E-state index is 12.1. The van der Waals surface area contributed by atoms with Crippen molar-refractivity contribution in [3.8, 4) is 0 Å². The number of ketones is 1. The summed E-state index contributed by atoms with van der Waals surface area (Å²) < 4.78 is 6.29. The van der Waals surface area contributed by atoms with E-state index >= 15 is 0 Å². The van der Waals surface area contributed by atoms with E-state index in [0.717, 1.165) is 22.8 Å². The number of hydrogen-bond acceptors (Lipinski definition) is 5. The second-order valence-electron chi connectivity index (χ2n) is 7.22. The predicted molar refractivity (Wildman–Crippen MR) is 102 cm³/mol. The van der Waals surface area contributed by atoms with E-state index in [1.165, 1.54) is 11.8 Å². The first-order valence-corrected chi connectivity index (χ1v) is 12.9. The highest BCUT2D eigenvalue weighted by Gasteiger charge is 2.40. The van der Waals surface area contributed by atoms with E-state index in [9.17, 15) is 9.59 Å². The van der Waals surface area contributed by atoms with Crippen molar-refractivity contribution in [2.24, 2.45) is 0 Å². The summed E-state index contributed by atoms with van der Waals surface area (Å²) in [5.74, 6) is 1.20. The second kappa shape index (κ2) is 8.74. The monoisotopic (exact) mass is 376 g/mol. The molecule has 0 spiro atoms. The van der Waals surface area contributed by atoms with Crippen LogP contribution >= 0.6 is 23.5 Å². The maximum Gasteiger partial charge on any atom is 0.313 e. The van der Waals surface area contributed by atoms with Crippen LogP contribution in [0.3, 0.4) is 0 Å². The lowest BCUT2D eigenvalue weighted by atomic mass is 10.2. The molecule has 0 radical (unpaired) electrons. The quantitative estimate of drug-likeness (QED) is 0.481. The molecule has 0 saturated heterocycles. The Morgan fingerprint density at radius 3 is 2.61 bits per heavy atom. The predicted octanol–water partition coefficient (Wildman–Crippen LogP) is 4.17. The topological polar surface area (TPSA) is 63.6 Å². The molecule has 1 aliphatic rings. The molecule has 1 rings (SSSR count). The smallest absolute Gasteiger partial charge is 0.313 e. The van der Waals surface area contributed by atoms with E-state index in [2.05, 4.69) is 33.9 Å². The molecule has 1 N–H and O–H groups in total. The first kappa shape index (κ1) is 20.8. The molecule has 0 amide bonds. The van der Waals surface area contributed by atoms with Gasteiger partial charge in [-0.2, -0.15) is 11.8 Å². The molecule has 0 aromatic heterocycles. The largest absolute Gasteiger partial charge is 0.481 e. The van der Waals surface area contributed by atoms with Gasteiger partial charge in [-0.05, 0) is 42.1 Å². The van der Waals surface area contributed by atoms with E-state index in [4.69, 9.17) is 9.53 Å². The Morgan fingerprint density at radius 1 is 1.39 bits per heavy atom. The molecule has 0 aromatic rings. The SMILES string of the molecule is CC(C)(C)[Si](C)(C)O[C@H]1C=C(SCCCSCC(=O)O)C(=O)C1. The molecule has 0 unspecified atom stereocenters. The molecule has 1 aliphatic carbocycles. The van der Waals surface area contributed by atoms with Crippen molar-refractivity contribution in [2.45, 2.75) is 57.8 Å². The molecule has 23 heavy (non-hydrogen) atoms. The number of Topliss-reactive ketones (excluding diaryl/α,β-unsaturated/α-hetero) is 1. The van der Waals surface area contributed by atoms with Crippen LogP contribution in [0.1, 0.15) is 33.6 Å². The normalized spacial score (nSPS) is 19.1. The zero-order valence-corrected chi connectivity index (χ0v) is 17.3. The van der Waals surface area contributed by atoms with Gasteiger partial charge in [0.1, 0.15) is 0 Å². The van der Waals surface area contributed by atoms with Gasteiger partial charge in [-0.15, -0.1) is 11.8 Å². The van der Waals surface area contributed by atoms with Crippen LogP contribution in [0.4, 0.5) is 0 Å². The minimum Gasteiger partial charge on any atom is -0.481 e. The van der Waals surface area contributed by atoms with Gasteiger partial charge in [0, 0.05) is 11.3 Å². The fourth-order valence-electron chi connectivity index (χ4n) is 1.87. The Labute approximate surface area is 148 Å². The van der Waals surface area contributed by atoms with Gasteiger partial charge >= 0.3 is 5.97 Å². The third kappa shape index (κ3) is 7.03. The van der Waals surface area contributed by atoms with Crippen molar-refractivity contribution in [2.75, 3.05) is 17.3 Å². The van der Waals surface area contributed by atoms with Crippen molar-refractivity contribution in [1.82, 2.24) is 0 Å². The summed E-state index contributed by atoms with van der Waals surface area (Å²) in [5, 5.41) is 8.71. The van der Waals surface area contributed by atoms with Gasteiger partial charge in [-0.3, -0.25) is 9.59 Å². The van der Waals surface area contributed by atoms with Crippen molar-refractivity contribution in [1.29, 1.82) is 0 Å². The van der Waals surface area contributed by atoms with Crippen molar-refractivity contribution >= 4 is 43.6 Å². The number of hydrogen-bond donors (Lipinski definition) is 1. The van der Waals surface area contributed by atoms with E-state index in [-0.39, 0.29) is 22.7 Å². The Morgan fingerprint density at radius 2 is 2.04 bits per heavy atom. The Bertz CT molecular complexity index is 469. The summed E-state index contributed by atoms with van der Waals surface area (Å²) in [4.78, 5) is 23.3. The number of allylic oxidation sites excluding steroid dienone is 1. The molecule has 0 saturated carbocycles. The van der Waals surface area contributed by atoms with Gasteiger partial charge in [0.15, 0.2) is 14.1 Å². The summed E-state index contributed by atoms with van der Waals surface area (Å²) in [6, 6.07) is 0. The number of thioether (sulfide) groups is 2. The first-order chi connectivity index (χ1) is 10.5. The van der Waals surface area contributed by atoms with Crippen LogP contribution in [0, 0.1) is 0 Å². The number of aliphatic carboxylic acids is 1. The summed E-state index contributed by atoms with van der Waals surface area (Å²) in [5.41, 5.74) is 0. The van der Waals surface area contributed by atoms with E-state index in [1.54, 1.807) is 11.8 Å². The van der Waals surface area contributed by atoms with Crippen molar-refractivity contribution < 1.29 is 19.1 Å². The summed E-state index contributed by atoms with van der Waals surface area (Å²) in [6.07, 6.45) is 3.27. The van der Waals surface area contributed by atoms with Gasteiger partial charge in [-0.25, -0.2) is 0 Å². The molecule has 132 valence electrons. The second-order valence-corrected chi connectivity index (χ2v) is 14.2. The van der Waals surface area contributed by atoms with Crippen LogP contribution in [-0.4, -0.2) is 48.5 Å². The Hall–Kier alpha value is -0.243. The van der Waals surface area contributed by atoms with Gasteiger partial charge in [-0.1, -0.05) is 20.8 Å². The number of carbonyl (C=O) groups excluding carboxylic acids is 1. The van der Waals surface area contributed by atoms with Crippen molar-refractivity contribution in [3.05, 3.63) is 11.0 Å². The van der Waals surface area contributed by atoms with Crippen LogP contribution in [0.15, 0.2) is 11.0 Å². The van der Waals surface area contributed by atoms with E-state index in [0.29, 0.717) is 6.42 Å². The highest BCUT2D eigenvalue weighted by atomic mass is 32.2. The van der Waals surface area contributed by atoms with Crippen LogP contribution in [-0.2, 0) is 14.0 Å². The van der Waals surface area contributed by atoms with Gasteiger partial charge < -0.3 is 9.53 Å². The fraction of sp³-hybridized carbons (Fsp3) is 0.750. The summed E-state index contributed by atoms with van der Waals surface area (Å²) in [6.45, 7) is 11.0. The maximum absolute atomic E-state index is 12.1. The van der Waals surface area contributed by atoms with Crippen LogP contribution < -0.4 is 0 Å². The Kier molecular flexibility index (Phi) is 7.90. The van der Waals surface area contributed by atoms with Crippen LogP contribution in [0.25, 0.3) is 0 Å². The lowest BCUT2D eigenvalue weighted by Crippen LogP contribution is -2.43. The average molecular weight is 377 g/mol. The molecule has 7 heteroatoms. The lowest BCUT2D eigenvalue weighted by Gasteiger charge is -2.37. The first-order valence-electron chi connectivity index (χ1n) is 7.88. The minimum absolute atomic E-state index is 0.0766. The molecule has 0 heterocycles. The molecule has 0 fully saturated rings. The number of carbonyl (C=O) groups is 2. The molecule has 0 aromatic carbocycles. The Balaban J connectivity index is 2.39. The van der Waals surface area contributed by atoms with Crippen LogP contribution in [0.2, 0.25) is 18.1 Å². The standard InChI is InChI=1S/C16H28O4S2Si/c1-16(2,3)23(4,5)20-12-9-13(17)14(10-12)22-8-6-7-21-11-15(18)19/h10,12H,6-9,11H2,1-5H3,(H,18,19)/t12-/m1/s1. The minimum atomic E-state index is -1.85. The third-order valence-corrected chi connectivity index (χ3v) is 10.9. The highest BCUT2D eigenvalue weighted by Crippen LogP contribution is 2.39. The molecular formula is C16H28O4S2Si. The van der Waals surface area contributed by atoms with Gasteiger partial charge in [0.05, 0.1) is 11.9 Å². The average Bonchev–Trinajstić information content (AvgIpc) is 2.71. The zero-order chi connectivity index (χ0) is 17.7. The lowest BCUT2D eigenvalue weighted by molar-refractivity contribution is -0.133. The number of carboxylic acids is 1. The van der Waals surface area contributed by atoms with E-state index < -0.39 is 14.3 Å². The summed E-state index contributed by atoms with van der Waals surface area (Å²) >= 11 is 2.99. The van der Waals surface area contributed by atoms with Gasteiger partial charge in [0.2, 0.25) is 0 Å². The van der Waals surface area contributed by atoms with Crippen LogP contribution in [0.5, 0.6) is 0 Å². The van der Waals surface area contributed by atoms with Crippen molar-refractivity contribution in [3.63, 3.8) is 0 Å². The summed E-state index contributed by atoms with van der Waals surface area (Å²) in [7, 11) is -1.85. The zero-order valence-electron chi connectivity index (χ0n) is 14.7.